The van der Waals surface area contributed by atoms with Crippen LogP contribution >= 0.6 is 22.7 Å². The minimum Gasteiger partial charge on any atom is -0.466 e. The van der Waals surface area contributed by atoms with E-state index in [-0.39, 0.29) is 58.1 Å². The molecule has 4 aliphatic rings. The van der Waals surface area contributed by atoms with E-state index in [2.05, 4.69) is 10.6 Å². The topological polar surface area (TPSA) is 229 Å². The molecule has 4 aromatic rings. The predicted octanol–water partition coefficient (Wildman–Crippen LogP) is 6.34. The number of carbonyl (C=O) groups excluding carboxylic acids is 4. The first kappa shape index (κ1) is 43.3. The van der Waals surface area contributed by atoms with Gasteiger partial charge in [0.15, 0.2) is 0 Å². The van der Waals surface area contributed by atoms with Gasteiger partial charge in [-0.3, -0.25) is 0 Å². The molecule has 14 nitrogen and oxygen atoms in total. The van der Waals surface area contributed by atoms with Crippen molar-refractivity contribution in [3.8, 4) is 12.1 Å². The molecule has 2 unspecified atom stereocenters. The molecule has 320 valence electrons. The molecular weight excluding hydrogens is 843 g/mol. The molecule has 8 rings (SSSR count). The van der Waals surface area contributed by atoms with Gasteiger partial charge < -0.3 is 41.0 Å². The number of nitrogens with two attached hydrogens (primary N) is 2. The minimum atomic E-state index is -1.00. The number of hydrogen-bond donors (Lipinski definition) is 4. The van der Waals surface area contributed by atoms with Crippen LogP contribution in [0.25, 0.3) is 20.2 Å². The molecule has 0 spiro atoms. The Morgan fingerprint density at radius 1 is 0.710 bits per heavy atom. The summed E-state index contributed by atoms with van der Waals surface area (Å²) in [6.45, 7) is 3.81. The molecular formula is C44H40F2N6O8S2. The Kier molecular flexibility index (Phi) is 12.4. The van der Waals surface area contributed by atoms with E-state index >= 15 is 0 Å². The zero-order valence-electron chi connectivity index (χ0n) is 33.9. The third-order valence-corrected chi connectivity index (χ3v) is 13.0. The molecule has 2 aliphatic heterocycles. The van der Waals surface area contributed by atoms with Gasteiger partial charge in [-0.2, -0.15) is 10.5 Å². The van der Waals surface area contributed by atoms with Gasteiger partial charge in [0.25, 0.3) is 0 Å². The van der Waals surface area contributed by atoms with E-state index in [1.807, 2.05) is 12.1 Å². The lowest BCUT2D eigenvalue weighted by Gasteiger charge is -2.29. The normalized spacial score (nSPS) is 18.6. The van der Waals surface area contributed by atoms with Gasteiger partial charge in [0.05, 0.1) is 82.1 Å². The van der Waals surface area contributed by atoms with E-state index in [0.717, 1.165) is 31.7 Å². The summed E-state index contributed by atoms with van der Waals surface area (Å²) >= 11 is 2.40. The monoisotopic (exact) mass is 882 g/mol. The molecule has 0 radical (unpaired) electrons. The SMILES string of the molecule is COC(=O)C1=C(C)NC(N)=C(C(=O)OCC2CC2)C1c1csc2c(C#N)cc(F)cc12.COC(=O)C1=C(C)NC(N)=C(C(=O)OCC2CC2)C1c1csc2c(C#N)ccc(F)c12. The highest BCUT2D eigenvalue weighted by atomic mass is 32.1. The van der Waals surface area contributed by atoms with Crippen LogP contribution in [0.1, 0.15) is 73.6 Å². The van der Waals surface area contributed by atoms with E-state index < -0.39 is 47.3 Å². The van der Waals surface area contributed by atoms with Crippen LogP contribution in [0, 0.1) is 46.1 Å². The van der Waals surface area contributed by atoms with E-state index in [1.54, 1.807) is 24.6 Å². The maximum absolute atomic E-state index is 14.9. The number of nitrogens with one attached hydrogen (secondary N) is 2. The van der Waals surface area contributed by atoms with Crippen molar-refractivity contribution in [2.24, 2.45) is 23.3 Å². The summed E-state index contributed by atoms with van der Waals surface area (Å²) in [5.41, 5.74) is 14.9. The number of methoxy groups -OCH3 is 2. The average molecular weight is 883 g/mol. The van der Waals surface area contributed by atoms with Crippen molar-refractivity contribution in [3.63, 3.8) is 0 Å². The second-order valence-corrected chi connectivity index (χ2v) is 16.9. The van der Waals surface area contributed by atoms with E-state index in [1.165, 1.54) is 55.1 Å². The van der Waals surface area contributed by atoms with Crippen molar-refractivity contribution < 1.29 is 46.9 Å². The van der Waals surface area contributed by atoms with Gasteiger partial charge in [-0.1, -0.05) is 0 Å². The number of carbonyl (C=O) groups is 4. The van der Waals surface area contributed by atoms with Gasteiger partial charge >= 0.3 is 23.9 Å². The lowest BCUT2D eigenvalue weighted by atomic mass is 9.81. The van der Waals surface area contributed by atoms with Crippen molar-refractivity contribution in [1.82, 2.24) is 10.6 Å². The van der Waals surface area contributed by atoms with Crippen molar-refractivity contribution in [1.29, 1.82) is 10.5 Å². The highest BCUT2D eigenvalue weighted by Crippen LogP contribution is 2.46. The number of hydrogen-bond acceptors (Lipinski definition) is 16. The Morgan fingerprint density at radius 3 is 1.68 bits per heavy atom. The van der Waals surface area contributed by atoms with E-state index in [0.29, 0.717) is 54.7 Å². The molecule has 0 saturated heterocycles. The number of ether oxygens (including phenoxy) is 4. The first-order valence-corrected chi connectivity index (χ1v) is 21.1. The largest absolute Gasteiger partial charge is 0.466 e. The Labute approximate surface area is 362 Å². The van der Waals surface area contributed by atoms with Crippen LogP contribution in [0.5, 0.6) is 0 Å². The number of thiophene rings is 2. The highest BCUT2D eigenvalue weighted by molar-refractivity contribution is 7.18. The van der Waals surface area contributed by atoms with Crippen LogP contribution in [0.15, 0.2) is 80.4 Å². The molecule has 62 heavy (non-hydrogen) atoms. The van der Waals surface area contributed by atoms with E-state index in [9.17, 15) is 38.5 Å². The fraction of sp³-hybridized carbons (Fsp3) is 0.318. The quantitative estimate of drug-likeness (QED) is 0.101. The van der Waals surface area contributed by atoms with Crippen LogP contribution in [0.3, 0.4) is 0 Å². The molecule has 2 aromatic heterocycles. The van der Waals surface area contributed by atoms with Crippen molar-refractivity contribution >= 4 is 66.7 Å². The van der Waals surface area contributed by atoms with Gasteiger partial charge in [-0.05, 0) is 97.5 Å². The average Bonchev–Trinajstić information content (AvgIpc) is 4.18. The van der Waals surface area contributed by atoms with Crippen molar-refractivity contribution in [3.05, 3.63) is 114 Å². The molecule has 6 N–H and O–H groups in total. The zero-order chi connectivity index (χ0) is 44.6. The number of nitriles is 2. The van der Waals surface area contributed by atoms with Crippen molar-refractivity contribution in [2.75, 3.05) is 27.4 Å². The lowest BCUT2D eigenvalue weighted by Crippen LogP contribution is -2.36. The molecule has 2 saturated carbocycles. The number of esters is 4. The Hall–Kier alpha value is -6.76. The number of dihydropyridines is 2. The molecule has 2 atom stereocenters. The number of benzene rings is 2. The molecule has 2 fully saturated rings. The number of rotatable bonds is 10. The lowest BCUT2D eigenvalue weighted by molar-refractivity contribution is -0.141. The zero-order valence-corrected chi connectivity index (χ0v) is 35.5. The summed E-state index contributed by atoms with van der Waals surface area (Å²) in [6, 6.07) is 9.08. The fourth-order valence-corrected chi connectivity index (χ4v) is 9.63. The van der Waals surface area contributed by atoms with Crippen LogP contribution < -0.4 is 22.1 Å². The second-order valence-electron chi connectivity index (χ2n) is 15.1. The Morgan fingerprint density at radius 2 is 1.19 bits per heavy atom. The molecule has 2 aliphatic carbocycles. The molecule has 18 heteroatoms. The minimum absolute atomic E-state index is 0.0214. The van der Waals surface area contributed by atoms with Gasteiger partial charge in [0, 0.05) is 22.2 Å². The fourth-order valence-electron chi connectivity index (χ4n) is 7.52. The van der Waals surface area contributed by atoms with Crippen LogP contribution in [0.2, 0.25) is 0 Å². The smallest absolute Gasteiger partial charge is 0.338 e. The molecule has 2 aromatic carbocycles. The van der Waals surface area contributed by atoms with Gasteiger partial charge in [-0.25, -0.2) is 28.0 Å². The summed E-state index contributed by atoms with van der Waals surface area (Å²) in [7, 11) is 2.47. The first-order chi connectivity index (χ1) is 29.7. The highest BCUT2D eigenvalue weighted by Gasteiger charge is 2.42. The second kappa shape index (κ2) is 17.7. The summed E-state index contributed by atoms with van der Waals surface area (Å²) in [6.07, 6.45) is 3.99. The summed E-state index contributed by atoms with van der Waals surface area (Å²) < 4.78 is 51.0. The number of fused-ring (bicyclic) bond motifs is 2. The van der Waals surface area contributed by atoms with Crippen LogP contribution in [-0.4, -0.2) is 51.3 Å². The van der Waals surface area contributed by atoms with E-state index in [4.69, 9.17) is 30.4 Å². The maximum atomic E-state index is 14.9. The summed E-state index contributed by atoms with van der Waals surface area (Å²) in [4.78, 5) is 51.5. The summed E-state index contributed by atoms with van der Waals surface area (Å²) in [5.74, 6) is -4.96. The summed E-state index contributed by atoms with van der Waals surface area (Å²) in [5, 5.41) is 28.5. The first-order valence-electron chi connectivity index (χ1n) is 19.4. The maximum Gasteiger partial charge on any atom is 0.338 e. The third kappa shape index (κ3) is 8.31. The van der Waals surface area contributed by atoms with Crippen LogP contribution in [-0.2, 0) is 38.1 Å². The third-order valence-electron chi connectivity index (χ3n) is 11.0. The Balaban J connectivity index is 0.000000186. The van der Waals surface area contributed by atoms with Gasteiger partial charge in [-0.15, -0.1) is 22.7 Å². The van der Waals surface area contributed by atoms with Gasteiger partial charge in [0.2, 0.25) is 0 Å². The molecule has 0 amide bonds. The number of halogens is 2. The van der Waals surface area contributed by atoms with Crippen LogP contribution in [0.4, 0.5) is 8.78 Å². The molecule has 0 bridgehead atoms. The molecule has 4 heterocycles. The number of nitrogens with zero attached hydrogens (tertiary/aromatic N) is 2. The number of allylic oxidation sites excluding steroid dienone is 2. The Bertz CT molecular complexity index is 2780. The van der Waals surface area contributed by atoms with Gasteiger partial charge in [0.1, 0.15) is 35.4 Å². The standard InChI is InChI=1S/2C22H20FN3O4S/c1-10-16(21(27)29-2)17(18(20(25)26-10)22(28)30-8-11-3-4-11)15-9-31-19-12(7-24)5-13(23)6-14(15)19;1-10-15(21(27)29-2)17(18(20(25)26-10)22(28)30-8-11-3-4-11)13-9-31-19-12(7-24)5-6-14(23)16(13)19/h2*5-6,9,11,17,26H,3-4,8,25H2,1-2H3. The predicted molar refractivity (Wildman–Crippen MR) is 224 cm³/mol. The van der Waals surface area contributed by atoms with Crippen molar-refractivity contribution in [2.45, 2.75) is 51.4 Å².